The van der Waals surface area contributed by atoms with Crippen LogP contribution in [0.25, 0.3) is 0 Å². The fourth-order valence-corrected chi connectivity index (χ4v) is 4.21. The van der Waals surface area contributed by atoms with Crippen molar-refractivity contribution in [3.63, 3.8) is 0 Å². The highest BCUT2D eigenvalue weighted by molar-refractivity contribution is 14.0. The molecular weight excluding hydrogens is 445 g/mol. The molecule has 0 saturated carbocycles. The van der Waals surface area contributed by atoms with E-state index >= 15 is 0 Å². The van der Waals surface area contributed by atoms with Crippen molar-refractivity contribution < 1.29 is 13.2 Å². The molecule has 2 aliphatic heterocycles. The zero-order chi connectivity index (χ0) is 16.7. The van der Waals surface area contributed by atoms with Gasteiger partial charge in [-0.25, -0.2) is 8.42 Å². The quantitative estimate of drug-likeness (QED) is 0.226. The van der Waals surface area contributed by atoms with Gasteiger partial charge in [-0.2, -0.15) is 4.31 Å². The second-order valence-electron chi connectivity index (χ2n) is 6.13. The number of morpholine rings is 1. The van der Waals surface area contributed by atoms with Gasteiger partial charge in [-0.3, -0.25) is 9.89 Å². The number of nitrogens with two attached hydrogens (primary N) is 1. The van der Waals surface area contributed by atoms with Crippen LogP contribution in [0, 0.1) is 0 Å². The molecule has 0 radical (unpaired) electrons. The van der Waals surface area contributed by atoms with Gasteiger partial charge in [0.2, 0.25) is 10.0 Å². The molecule has 0 aliphatic carbocycles. The summed E-state index contributed by atoms with van der Waals surface area (Å²) in [4.78, 5) is 6.67. The Morgan fingerprint density at radius 3 is 2.71 bits per heavy atom. The van der Waals surface area contributed by atoms with E-state index in [4.69, 9.17) is 10.5 Å². The van der Waals surface area contributed by atoms with Gasteiger partial charge < -0.3 is 15.8 Å². The molecule has 0 aromatic heterocycles. The van der Waals surface area contributed by atoms with Crippen LogP contribution >= 0.6 is 24.0 Å². The zero-order valence-electron chi connectivity index (χ0n) is 14.3. The second kappa shape index (κ2) is 10.7. The predicted octanol–water partition coefficient (Wildman–Crippen LogP) is -0.345. The Morgan fingerprint density at radius 2 is 2.04 bits per heavy atom. The molecule has 2 saturated heterocycles. The van der Waals surface area contributed by atoms with Crippen molar-refractivity contribution in [1.82, 2.24) is 14.5 Å². The highest BCUT2D eigenvalue weighted by Gasteiger charge is 2.30. The zero-order valence-corrected chi connectivity index (χ0v) is 17.5. The average molecular weight is 475 g/mol. The van der Waals surface area contributed by atoms with Crippen LogP contribution in [-0.2, 0) is 14.8 Å². The average Bonchev–Trinajstić information content (AvgIpc) is 2.99. The van der Waals surface area contributed by atoms with Crippen molar-refractivity contribution in [3.8, 4) is 0 Å². The Labute approximate surface area is 162 Å². The molecule has 2 rings (SSSR count). The summed E-state index contributed by atoms with van der Waals surface area (Å²) in [6.07, 6.45) is 3.98. The monoisotopic (exact) mass is 475 g/mol. The van der Waals surface area contributed by atoms with E-state index in [0.717, 1.165) is 58.7 Å². The number of nitrogens with one attached hydrogen (secondary N) is 1. The molecule has 0 unspecified atom stereocenters. The lowest BCUT2D eigenvalue weighted by atomic mass is 10.2. The van der Waals surface area contributed by atoms with Gasteiger partial charge in [0.05, 0.1) is 26.0 Å². The third kappa shape index (κ3) is 7.38. The molecule has 24 heavy (non-hydrogen) atoms. The van der Waals surface area contributed by atoms with Crippen LogP contribution < -0.4 is 11.1 Å². The largest absolute Gasteiger partial charge is 0.379 e. The number of aliphatic imine (C=N–C) groups is 1. The van der Waals surface area contributed by atoms with E-state index < -0.39 is 10.0 Å². The minimum atomic E-state index is -3.15. The minimum Gasteiger partial charge on any atom is -0.379 e. The predicted molar refractivity (Wildman–Crippen MR) is 106 cm³/mol. The van der Waals surface area contributed by atoms with Crippen molar-refractivity contribution in [3.05, 3.63) is 0 Å². The number of sulfonamides is 1. The first-order valence-corrected chi connectivity index (χ1v) is 10.1. The number of rotatable bonds is 7. The molecule has 0 aromatic carbocycles. The summed E-state index contributed by atoms with van der Waals surface area (Å²) in [5.41, 5.74) is 5.86. The summed E-state index contributed by atoms with van der Waals surface area (Å²) in [7, 11) is -3.15. The lowest BCUT2D eigenvalue weighted by Gasteiger charge is -2.26. The van der Waals surface area contributed by atoms with E-state index in [1.807, 2.05) is 0 Å². The Kier molecular flexibility index (Phi) is 9.79. The fourth-order valence-electron chi connectivity index (χ4n) is 3.03. The standard InChI is InChI=1S/C14H29N5O3S.HI/c1-23(20,21)19-7-2-4-13(19)12-17-14(15)16-5-3-6-18-8-10-22-11-9-18;/h13H,2-12H2,1H3,(H3,15,16,17);1H/t13-;/m1./s1. The van der Waals surface area contributed by atoms with Crippen LogP contribution in [-0.4, -0.2) is 88.4 Å². The van der Waals surface area contributed by atoms with E-state index in [1.54, 1.807) is 0 Å². The molecule has 0 bridgehead atoms. The van der Waals surface area contributed by atoms with Crippen molar-refractivity contribution >= 4 is 40.0 Å². The SMILES string of the molecule is CS(=O)(=O)N1CCC[C@@H]1CN=C(N)NCCCN1CCOCC1.I. The number of ether oxygens (including phenoxy) is 1. The number of halogens is 1. The molecule has 0 aromatic rings. The lowest BCUT2D eigenvalue weighted by Crippen LogP contribution is -2.40. The Morgan fingerprint density at radius 1 is 1.33 bits per heavy atom. The molecule has 3 N–H and O–H groups in total. The lowest BCUT2D eigenvalue weighted by molar-refractivity contribution is 0.0376. The van der Waals surface area contributed by atoms with E-state index in [9.17, 15) is 8.42 Å². The maximum atomic E-state index is 11.7. The van der Waals surface area contributed by atoms with Crippen molar-refractivity contribution in [2.45, 2.75) is 25.3 Å². The third-order valence-electron chi connectivity index (χ3n) is 4.28. The van der Waals surface area contributed by atoms with Gasteiger partial charge >= 0.3 is 0 Å². The van der Waals surface area contributed by atoms with Crippen molar-refractivity contribution in [1.29, 1.82) is 0 Å². The van der Waals surface area contributed by atoms with Gasteiger partial charge in [0, 0.05) is 32.2 Å². The summed E-state index contributed by atoms with van der Waals surface area (Å²) >= 11 is 0. The van der Waals surface area contributed by atoms with Crippen LogP contribution in [0.2, 0.25) is 0 Å². The van der Waals surface area contributed by atoms with Crippen LogP contribution in [0.3, 0.4) is 0 Å². The smallest absolute Gasteiger partial charge is 0.211 e. The summed E-state index contributed by atoms with van der Waals surface area (Å²) in [5.74, 6) is 0.396. The van der Waals surface area contributed by atoms with Gasteiger partial charge in [0.25, 0.3) is 0 Å². The molecule has 2 heterocycles. The highest BCUT2D eigenvalue weighted by Crippen LogP contribution is 2.20. The summed E-state index contributed by atoms with van der Waals surface area (Å²) < 4.78 is 30.2. The van der Waals surface area contributed by atoms with Gasteiger partial charge in [-0.15, -0.1) is 24.0 Å². The first-order chi connectivity index (χ1) is 11.0. The number of guanidine groups is 1. The van der Waals surface area contributed by atoms with E-state index in [-0.39, 0.29) is 30.0 Å². The molecule has 10 heteroatoms. The Bertz CT molecular complexity index is 497. The van der Waals surface area contributed by atoms with E-state index in [0.29, 0.717) is 19.0 Å². The number of hydrogen-bond acceptors (Lipinski definition) is 5. The maximum Gasteiger partial charge on any atom is 0.211 e. The van der Waals surface area contributed by atoms with Gasteiger partial charge in [-0.1, -0.05) is 0 Å². The van der Waals surface area contributed by atoms with Crippen LogP contribution in [0.1, 0.15) is 19.3 Å². The summed E-state index contributed by atoms with van der Waals surface area (Å²) in [6, 6.07) is -0.0568. The van der Waals surface area contributed by atoms with Crippen molar-refractivity contribution in [2.24, 2.45) is 10.7 Å². The normalized spacial score (nSPS) is 23.9. The van der Waals surface area contributed by atoms with Crippen LogP contribution in [0.5, 0.6) is 0 Å². The molecule has 2 aliphatic rings. The second-order valence-corrected chi connectivity index (χ2v) is 8.07. The van der Waals surface area contributed by atoms with Crippen LogP contribution in [0.15, 0.2) is 4.99 Å². The molecule has 0 spiro atoms. The van der Waals surface area contributed by atoms with Crippen LogP contribution in [0.4, 0.5) is 0 Å². The van der Waals surface area contributed by atoms with Gasteiger partial charge in [-0.05, 0) is 25.8 Å². The number of hydrogen-bond donors (Lipinski definition) is 2. The molecule has 1 atom stereocenters. The fraction of sp³-hybridized carbons (Fsp3) is 0.929. The highest BCUT2D eigenvalue weighted by atomic mass is 127. The van der Waals surface area contributed by atoms with Gasteiger partial charge in [0.15, 0.2) is 5.96 Å². The molecule has 8 nitrogen and oxygen atoms in total. The van der Waals surface area contributed by atoms with Crippen molar-refractivity contribution in [2.75, 3.05) is 58.7 Å². The third-order valence-corrected chi connectivity index (χ3v) is 5.62. The van der Waals surface area contributed by atoms with Gasteiger partial charge in [0.1, 0.15) is 0 Å². The Hall–Kier alpha value is -0.170. The first-order valence-electron chi connectivity index (χ1n) is 8.27. The molecule has 0 amide bonds. The summed E-state index contributed by atoms with van der Waals surface area (Å²) in [5, 5.41) is 3.10. The summed E-state index contributed by atoms with van der Waals surface area (Å²) in [6.45, 7) is 6.42. The number of nitrogens with zero attached hydrogens (tertiary/aromatic N) is 3. The molecular formula is C14H30IN5O3S. The Balaban J connectivity index is 0.00000288. The maximum absolute atomic E-state index is 11.7. The molecule has 142 valence electrons. The first kappa shape index (κ1) is 21.9. The minimum absolute atomic E-state index is 0. The topological polar surface area (TPSA) is 100 Å². The van der Waals surface area contributed by atoms with E-state index in [2.05, 4.69) is 15.2 Å². The van der Waals surface area contributed by atoms with E-state index in [1.165, 1.54) is 10.6 Å². The molecule has 2 fully saturated rings.